The SMILES string of the molecule is COC(=O)[C@H]1[C@H]2C[C@@H]3c4[nH]c5cc(OC)ccc5c4CCN3C[C@H]2C[C@@H](OC(=O)c2cc(OC)c(OC)c(OC)c2)[C@@H]1OC.NCC(=O)O. The van der Waals surface area contributed by atoms with E-state index in [4.69, 9.17) is 38.3 Å². The summed E-state index contributed by atoms with van der Waals surface area (Å²) in [5.74, 6) is -0.527. The number of fused-ring (bicyclic) bond motifs is 6. The number of aromatic nitrogens is 1. The summed E-state index contributed by atoms with van der Waals surface area (Å²) in [6, 6.07) is 9.40. The fourth-order valence-electron chi connectivity index (χ4n) is 7.76. The van der Waals surface area contributed by atoms with Crippen LogP contribution in [0.1, 0.15) is 40.5 Å². The number of benzene rings is 2. The Hall–Kier alpha value is -4.53. The lowest BCUT2D eigenvalue weighted by atomic mass is 9.63. The van der Waals surface area contributed by atoms with Gasteiger partial charge in [0.2, 0.25) is 5.75 Å². The monoisotopic (exact) mass is 683 g/mol. The van der Waals surface area contributed by atoms with Gasteiger partial charge in [-0.2, -0.15) is 0 Å². The second-order valence-electron chi connectivity index (χ2n) is 12.3. The third-order valence-corrected chi connectivity index (χ3v) is 9.93. The number of nitrogens with two attached hydrogens (primary N) is 1. The summed E-state index contributed by atoms with van der Waals surface area (Å²) < 4.78 is 39.1. The van der Waals surface area contributed by atoms with Crippen LogP contribution in [-0.2, 0) is 30.2 Å². The number of H-pyrrole nitrogens is 1. The lowest BCUT2D eigenvalue weighted by molar-refractivity contribution is -0.176. The van der Waals surface area contributed by atoms with E-state index < -0.39 is 30.1 Å². The molecule has 1 saturated carbocycles. The van der Waals surface area contributed by atoms with E-state index in [1.165, 1.54) is 45.1 Å². The first-order chi connectivity index (χ1) is 23.6. The van der Waals surface area contributed by atoms with Crippen molar-refractivity contribution in [1.29, 1.82) is 0 Å². The highest BCUT2D eigenvalue weighted by Crippen LogP contribution is 2.51. The largest absolute Gasteiger partial charge is 0.497 e. The maximum absolute atomic E-state index is 13.5. The smallest absolute Gasteiger partial charge is 0.338 e. The number of nitrogens with zero attached hydrogens (tertiary/aromatic N) is 1. The number of nitrogens with one attached hydrogen (secondary N) is 1. The van der Waals surface area contributed by atoms with Gasteiger partial charge in [0.1, 0.15) is 18.0 Å². The molecule has 3 aliphatic rings. The van der Waals surface area contributed by atoms with Crippen LogP contribution < -0.4 is 24.7 Å². The molecule has 0 spiro atoms. The summed E-state index contributed by atoms with van der Waals surface area (Å²) in [5.41, 5.74) is 8.40. The van der Waals surface area contributed by atoms with Gasteiger partial charge in [0.15, 0.2) is 11.5 Å². The molecule has 0 amide bonds. The maximum Gasteiger partial charge on any atom is 0.338 e. The van der Waals surface area contributed by atoms with Crippen LogP contribution in [0.3, 0.4) is 0 Å². The van der Waals surface area contributed by atoms with Gasteiger partial charge in [-0.15, -0.1) is 0 Å². The summed E-state index contributed by atoms with van der Waals surface area (Å²) in [6.07, 6.45) is 0.920. The Morgan fingerprint density at radius 3 is 2.22 bits per heavy atom. The summed E-state index contributed by atoms with van der Waals surface area (Å²) in [5, 5.41) is 8.81. The number of carbonyl (C=O) groups excluding carboxylic acids is 2. The molecule has 1 aromatic heterocycles. The van der Waals surface area contributed by atoms with E-state index in [2.05, 4.69) is 21.7 Å². The molecule has 49 heavy (non-hydrogen) atoms. The number of methoxy groups -OCH3 is 6. The number of hydrogen-bond acceptors (Lipinski definition) is 12. The molecule has 3 heterocycles. The van der Waals surface area contributed by atoms with Gasteiger partial charge in [0.05, 0.1) is 59.6 Å². The molecule has 6 atom stereocenters. The number of aromatic amines is 1. The molecular formula is C35H45N3O11. The molecule has 14 heteroatoms. The Balaban J connectivity index is 0.000000874. The van der Waals surface area contributed by atoms with E-state index in [-0.39, 0.29) is 36.0 Å². The Kier molecular flexibility index (Phi) is 11.2. The molecule has 0 bridgehead atoms. The van der Waals surface area contributed by atoms with Crippen molar-refractivity contribution in [2.24, 2.45) is 23.5 Å². The first-order valence-electron chi connectivity index (χ1n) is 16.1. The fourth-order valence-corrected chi connectivity index (χ4v) is 7.76. The van der Waals surface area contributed by atoms with Crippen molar-refractivity contribution >= 4 is 28.8 Å². The van der Waals surface area contributed by atoms with Crippen LogP contribution >= 0.6 is 0 Å². The van der Waals surface area contributed by atoms with Gasteiger partial charge in [-0.3, -0.25) is 14.5 Å². The quantitative estimate of drug-likeness (QED) is 0.280. The van der Waals surface area contributed by atoms with Crippen LogP contribution in [0.4, 0.5) is 0 Å². The van der Waals surface area contributed by atoms with Gasteiger partial charge in [-0.25, -0.2) is 4.79 Å². The molecule has 266 valence electrons. The van der Waals surface area contributed by atoms with Gasteiger partial charge >= 0.3 is 17.9 Å². The maximum atomic E-state index is 13.5. The van der Waals surface area contributed by atoms with Crippen molar-refractivity contribution in [3.8, 4) is 23.0 Å². The summed E-state index contributed by atoms with van der Waals surface area (Å²) in [6.45, 7) is 1.40. The van der Waals surface area contributed by atoms with Gasteiger partial charge < -0.3 is 49.0 Å². The molecule has 2 fully saturated rings. The molecule has 4 N–H and O–H groups in total. The van der Waals surface area contributed by atoms with Crippen LogP contribution in [0.15, 0.2) is 30.3 Å². The van der Waals surface area contributed by atoms with E-state index in [1.807, 2.05) is 12.1 Å². The highest BCUT2D eigenvalue weighted by molar-refractivity contribution is 5.91. The topological polar surface area (TPSA) is 181 Å². The van der Waals surface area contributed by atoms with Crippen molar-refractivity contribution in [3.63, 3.8) is 0 Å². The van der Waals surface area contributed by atoms with Crippen molar-refractivity contribution in [1.82, 2.24) is 9.88 Å². The number of aliphatic carboxylic acids is 1. The molecule has 0 unspecified atom stereocenters. The Morgan fingerprint density at radius 2 is 1.65 bits per heavy atom. The first kappa shape index (κ1) is 35.8. The zero-order chi connectivity index (χ0) is 35.4. The number of esters is 2. The second-order valence-corrected chi connectivity index (χ2v) is 12.3. The number of ether oxygens (including phenoxy) is 7. The zero-order valence-corrected chi connectivity index (χ0v) is 28.6. The number of carbonyl (C=O) groups is 3. The van der Waals surface area contributed by atoms with Crippen molar-refractivity contribution in [2.45, 2.75) is 37.5 Å². The standard InChI is InChI=1S/C33H40N2O9.C2H5NO2/c1-38-19-7-8-20-21-9-10-35-16-18-13-27(44-32(36)17-11-25(39-2)30(41-4)26(12-17)40-3)31(42-5)28(33(37)43-6)22(18)15-24(35)29(21)34-23(20)14-19;3-1-2(4)5/h7-8,11-12,14,18,22,24,27-28,31,34H,9-10,13,15-16H2,1-6H3;1,3H2,(H,4,5)/t18-,22+,24-,27-,28+,31+;/m1./s1. The highest BCUT2D eigenvalue weighted by atomic mass is 16.6. The third-order valence-electron chi connectivity index (χ3n) is 9.93. The molecule has 2 aromatic carbocycles. The second kappa shape index (κ2) is 15.3. The normalized spacial score (nSPS) is 24.2. The summed E-state index contributed by atoms with van der Waals surface area (Å²) >= 11 is 0. The molecule has 1 aliphatic carbocycles. The Bertz CT molecular complexity index is 1650. The van der Waals surface area contributed by atoms with Crippen LogP contribution in [0.2, 0.25) is 0 Å². The molecular weight excluding hydrogens is 638 g/mol. The fraction of sp³-hybridized carbons (Fsp3) is 0.514. The minimum absolute atomic E-state index is 0.0170. The number of piperidine rings is 1. The van der Waals surface area contributed by atoms with Gasteiger partial charge in [0, 0.05) is 42.9 Å². The van der Waals surface area contributed by atoms with Crippen LogP contribution in [-0.4, -0.2) is 107 Å². The van der Waals surface area contributed by atoms with Crippen molar-refractivity contribution in [2.75, 3.05) is 62.3 Å². The predicted molar refractivity (Wildman–Crippen MR) is 177 cm³/mol. The molecule has 3 aromatic rings. The molecule has 14 nitrogen and oxygen atoms in total. The molecule has 2 aliphatic heterocycles. The van der Waals surface area contributed by atoms with Crippen molar-refractivity contribution < 1.29 is 52.6 Å². The number of rotatable bonds is 9. The average molecular weight is 684 g/mol. The van der Waals surface area contributed by atoms with Gasteiger partial charge in [0.25, 0.3) is 0 Å². The van der Waals surface area contributed by atoms with Gasteiger partial charge in [-0.05, 0) is 60.9 Å². The number of carboxylic acid groups (broad SMARTS) is 1. The lowest BCUT2D eigenvalue weighted by Crippen LogP contribution is -2.58. The lowest BCUT2D eigenvalue weighted by Gasteiger charge is -2.52. The van der Waals surface area contributed by atoms with Crippen LogP contribution in [0.25, 0.3) is 10.9 Å². The molecule has 0 radical (unpaired) electrons. The average Bonchev–Trinajstić information content (AvgIpc) is 3.50. The minimum Gasteiger partial charge on any atom is -0.497 e. The first-order valence-corrected chi connectivity index (χ1v) is 16.1. The van der Waals surface area contributed by atoms with E-state index in [9.17, 15) is 14.4 Å². The van der Waals surface area contributed by atoms with E-state index in [1.54, 1.807) is 26.4 Å². The number of hydrogen-bond donors (Lipinski definition) is 3. The van der Waals surface area contributed by atoms with E-state index in [0.29, 0.717) is 23.7 Å². The van der Waals surface area contributed by atoms with Gasteiger partial charge in [-0.1, -0.05) is 0 Å². The number of carboxylic acids is 1. The Labute approximate surface area is 284 Å². The predicted octanol–water partition coefficient (Wildman–Crippen LogP) is 3.20. The minimum atomic E-state index is -0.968. The third kappa shape index (κ3) is 6.98. The van der Waals surface area contributed by atoms with Crippen LogP contribution in [0, 0.1) is 17.8 Å². The summed E-state index contributed by atoms with van der Waals surface area (Å²) in [4.78, 5) is 42.4. The summed E-state index contributed by atoms with van der Waals surface area (Å²) in [7, 11) is 9.10. The van der Waals surface area contributed by atoms with E-state index >= 15 is 0 Å². The Morgan fingerprint density at radius 1 is 0.959 bits per heavy atom. The van der Waals surface area contributed by atoms with Crippen molar-refractivity contribution in [3.05, 3.63) is 47.2 Å². The highest BCUT2D eigenvalue weighted by Gasteiger charge is 2.54. The molecule has 6 rings (SSSR count). The van der Waals surface area contributed by atoms with Crippen LogP contribution in [0.5, 0.6) is 23.0 Å². The molecule has 1 saturated heterocycles. The van der Waals surface area contributed by atoms with E-state index in [0.717, 1.165) is 37.2 Å². The zero-order valence-electron chi connectivity index (χ0n) is 28.6.